The number of ether oxygens (including phenoxy) is 1. The van der Waals surface area contributed by atoms with Gasteiger partial charge >= 0.3 is 5.97 Å². The lowest BCUT2D eigenvalue weighted by Gasteiger charge is -2.41. The fourth-order valence-corrected chi connectivity index (χ4v) is 3.54. The van der Waals surface area contributed by atoms with Crippen LogP contribution in [0.1, 0.15) is 25.3 Å². The third-order valence-corrected chi connectivity index (χ3v) is 4.71. The van der Waals surface area contributed by atoms with Crippen LogP contribution in [0, 0.1) is 0 Å². The number of halogens is 1. The summed E-state index contributed by atoms with van der Waals surface area (Å²) in [6, 6.07) is 8.00. The number of benzene rings is 1. The highest BCUT2D eigenvalue weighted by Gasteiger charge is 2.45. The van der Waals surface area contributed by atoms with Crippen LogP contribution >= 0.6 is 15.9 Å². The Kier molecular flexibility index (Phi) is 5.79. The fraction of sp³-hybridized carbons (Fsp3) is 0.562. The van der Waals surface area contributed by atoms with Crippen molar-refractivity contribution in [1.29, 1.82) is 0 Å². The number of hydrogen-bond donors (Lipinski definition) is 1. The number of esters is 1. The van der Waals surface area contributed by atoms with Crippen molar-refractivity contribution >= 4 is 21.9 Å². The monoisotopic (exact) mass is 354 g/mol. The summed E-state index contributed by atoms with van der Waals surface area (Å²) in [6.45, 7) is 5.68. The maximum Gasteiger partial charge on any atom is 0.330 e. The molecular weight excluding hydrogens is 332 g/mol. The molecule has 0 amide bonds. The van der Waals surface area contributed by atoms with E-state index in [1.807, 2.05) is 24.3 Å². The van der Waals surface area contributed by atoms with Gasteiger partial charge in [-0.25, -0.2) is 4.79 Å². The van der Waals surface area contributed by atoms with Crippen LogP contribution in [0.4, 0.5) is 0 Å². The molecule has 1 fully saturated rings. The molecule has 0 bridgehead atoms. The summed E-state index contributed by atoms with van der Waals surface area (Å²) in [4.78, 5) is 15.0. The summed E-state index contributed by atoms with van der Waals surface area (Å²) >= 11 is 3.51. The van der Waals surface area contributed by atoms with Gasteiger partial charge in [0.2, 0.25) is 0 Å². The van der Waals surface area contributed by atoms with E-state index in [4.69, 9.17) is 4.74 Å². The number of carbonyl (C=O) groups is 1. The molecule has 1 N–H and O–H groups in total. The van der Waals surface area contributed by atoms with Crippen molar-refractivity contribution in [2.24, 2.45) is 0 Å². The van der Waals surface area contributed by atoms with Gasteiger partial charge < -0.3 is 10.1 Å². The molecule has 0 aliphatic carbocycles. The van der Waals surface area contributed by atoms with E-state index in [1.165, 1.54) is 7.11 Å². The summed E-state index contributed by atoms with van der Waals surface area (Å²) in [6.07, 6.45) is 1.73. The van der Waals surface area contributed by atoms with E-state index in [1.54, 1.807) is 0 Å². The molecule has 1 aliphatic heterocycles. The summed E-state index contributed by atoms with van der Waals surface area (Å²) in [5.41, 5.74) is 0.290. The Bertz CT molecular complexity index is 487. The topological polar surface area (TPSA) is 41.6 Å². The Balaban J connectivity index is 2.48. The van der Waals surface area contributed by atoms with Crippen LogP contribution in [0.3, 0.4) is 0 Å². The van der Waals surface area contributed by atoms with Crippen LogP contribution in [0.5, 0.6) is 0 Å². The molecule has 1 aromatic rings. The minimum absolute atomic E-state index is 0.176. The highest BCUT2D eigenvalue weighted by atomic mass is 79.9. The number of methoxy groups -OCH3 is 1. The van der Waals surface area contributed by atoms with Crippen LogP contribution in [0.15, 0.2) is 28.7 Å². The van der Waals surface area contributed by atoms with E-state index in [0.29, 0.717) is 6.42 Å². The standard InChI is InChI=1S/C16H23BrN2O2/c1-3-16(15(20)21-2,13-6-4-7-14(17)12-13)19-10-5-8-18-9-11-19/h4,6-7,12,18H,3,5,8-11H2,1-2H3. The van der Waals surface area contributed by atoms with Gasteiger partial charge in [0.1, 0.15) is 5.54 Å². The minimum Gasteiger partial charge on any atom is -0.467 e. The van der Waals surface area contributed by atoms with Crippen molar-refractivity contribution in [3.8, 4) is 0 Å². The first-order valence-corrected chi connectivity index (χ1v) is 8.24. The average Bonchev–Trinajstić information content (AvgIpc) is 2.78. The fourth-order valence-electron chi connectivity index (χ4n) is 3.14. The molecule has 0 spiro atoms. The third-order valence-electron chi connectivity index (χ3n) is 4.22. The van der Waals surface area contributed by atoms with Crippen LogP contribution in [0.2, 0.25) is 0 Å². The maximum atomic E-state index is 12.7. The van der Waals surface area contributed by atoms with Gasteiger partial charge in [0, 0.05) is 24.1 Å². The van der Waals surface area contributed by atoms with Crippen LogP contribution in [-0.2, 0) is 15.1 Å². The lowest BCUT2D eigenvalue weighted by atomic mass is 9.85. The molecule has 1 aromatic carbocycles. The Hall–Kier alpha value is -0.910. The van der Waals surface area contributed by atoms with Crippen LogP contribution in [-0.4, -0.2) is 44.2 Å². The van der Waals surface area contributed by atoms with E-state index in [2.05, 4.69) is 33.1 Å². The van der Waals surface area contributed by atoms with Gasteiger partial charge in [-0.1, -0.05) is 35.0 Å². The third kappa shape index (κ3) is 3.30. The van der Waals surface area contributed by atoms with Crippen molar-refractivity contribution in [1.82, 2.24) is 10.2 Å². The van der Waals surface area contributed by atoms with Crippen LogP contribution in [0.25, 0.3) is 0 Å². The van der Waals surface area contributed by atoms with Crippen molar-refractivity contribution in [2.75, 3.05) is 33.3 Å². The van der Waals surface area contributed by atoms with Gasteiger partial charge in [-0.2, -0.15) is 0 Å². The second-order valence-corrected chi connectivity index (χ2v) is 6.22. The molecule has 5 heteroatoms. The summed E-state index contributed by atoms with van der Waals surface area (Å²) < 4.78 is 6.16. The quantitative estimate of drug-likeness (QED) is 0.843. The summed E-state index contributed by atoms with van der Waals surface area (Å²) in [5, 5.41) is 3.39. The first-order chi connectivity index (χ1) is 10.1. The molecule has 1 aliphatic rings. The molecule has 0 aromatic heterocycles. The van der Waals surface area contributed by atoms with E-state index in [-0.39, 0.29) is 5.97 Å². The molecule has 0 radical (unpaired) electrons. The van der Waals surface area contributed by atoms with Gasteiger partial charge in [-0.15, -0.1) is 0 Å². The van der Waals surface area contributed by atoms with E-state index in [0.717, 1.165) is 42.6 Å². The predicted molar refractivity (Wildman–Crippen MR) is 87.2 cm³/mol. The number of nitrogens with one attached hydrogen (secondary N) is 1. The van der Waals surface area contributed by atoms with Crippen molar-refractivity contribution in [3.63, 3.8) is 0 Å². The van der Waals surface area contributed by atoms with E-state index in [9.17, 15) is 4.79 Å². The Morgan fingerprint density at radius 3 is 2.90 bits per heavy atom. The lowest BCUT2D eigenvalue weighted by Crippen LogP contribution is -2.53. The highest BCUT2D eigenvalue weighted by Crippen LogP contribution is 2.35. The number of nitrogens with zero attached hydrogens (tertiary/aromatic N) is 1. The largest absolute Gasteiger partial charge is 0.467 e. The maximum absolute atomic E-state index is 12.7. The van der Waals surface area contributed by atoms with Crippen LogP contribution < -0.4 is 5.32 Å². The number of hydrogen-bond acceptors (Lipinski definition) is 4. The number of rotatable bonds is 4. The smallest absolute Gasteiger partial charge is 0.330 e. The van der Waals surface area contributed by atoms with Gasteiger partial charge in [-0.3, -0.25) is 4.90 Å². The Morgan fingerprint density at radius 2 is 2.24 bits per heavy atom. The lowest BCUT2D eigenvalue weighted by molar-refractivity contribution is -0.156. The van der Waals surface area contributed by atoms with Gasteiger partial charge in [0.15, 0.2) is 0 Å². The van der Waals surface area contributed by atoms with Crippen molar-refractivity contribution in [3.05, 3.63) is 34.3 Å². The molecule has 1 atom stereocenters. The number of carbonyl (C=O) groups excluding carboxylic acids is 1. The van der Waals surface area contributed by atoms with E-state index >= 15 is 0 Å². The minimum atomic E-state index is -0.704. The molecule has 2 rings (SSSR count). The molecule has 0 saturated carbocycles. The second kappa shape index (κ2) is 7.38. The molecular formula is C16H23BrN2O2. The first-order valence-electron chi connectivity index (χ1n) is 7.45. The SMILES string of the molecule is CCC(C(=O)OC)(c1cccc(Br)c1)N1CCCNCC1. The molecule has 4 nitrogen and oxygen atoms in total. The summed E-state index contributed by atoms with van der Waals surface area (Å²) in [5.74, 6) is -0.176. The van der Waals surface area contributed by atoms with Gasteiger partial charge in [0.25, 0.3) is 0 Å². The second-order valence-electron chi connectivity index (χ2n) is 5.31. The first kappa shape index (κ1) is 16.5. The zero-order valence-corrected chi connectivity index (χ0v) is 14.3. The molecule has 1 unspecified atom stereocenters. The van der Waals surface area contributed by atoms with Crippen molar-refractivity contribution < 1.29 is 9.53 Å². The Labute approximate surface area is 135 Å². The normalized spacial score (nSPS) is 19.6. The van der Waals surface area contributed by atoms with E-state index < -0.39 is 5.54 Å². The predicted octanol–water partition coefficient (Wildman–Crippen LogP) is 2.52. The summed E-state index contributed by atoms with van der Waals surface area (Å²) in [7, 11) is 1.47. The van der Waals surface area contributed by atoms with Gasteiger partial charge in [-0.05, 0) is 37.1 Å². The molecule has 1 saturated heterocycles. The molecule has 21 heavy (non-hydrogen) atoms. The van der Waals surface area contributed by atoms with Crippen molar-refractivity contribution in [2.45, 2.75) is 25.3 Å². The van der Waals surface area contributed by atoms with Gasteiger partial charge in [0.05, 0.1) is 7.11 Å². The molecule has 116 valence electrons. The Morgan fingerprint density at radius 1 is 1.43 bits per heavy atom. The zero-order chi connectivity index (χ0) is 15.3. The highest BCUT2D eigenvalue weighted by molar-refractivity contribution is 9.10. The average molecular weight is 355 g/mol. The molecule has 1 heterocycles. The zero-order valence-electron chi connectivity index (χ0n) is 12.7.